The Morgan fingerprint density at radius 2 is 1.56 bits per heavy atom. The van der Waals surface area contributed by atoms with Gasteiger partial charge in [0.25, 0.3) is 3.68 Å². The van der Waals surface area contributed by atoms with Crippen molar-refractivity contribution >= 4 is 22.6 Å². The Balaban J connectivity index is 4.14. The molecule has 0 amide bonds. The Morgan fingerprint density at radius 1 is 1.22 bits per heavy atom. The average Bonchev–Trinajstić information content (AvgIpc) is 1.64. The molecule has 1 unspecified atom stereocenters. The van der Waals surface area contributed by atoms with Gasteiger partial charge in [-0.25, -0.2) is 4.39 Å². The van der Waals surface area contributed by atoms with Gasteiger partial charge >= 0.3 is 6.18 Å². The van der Waals surface area contributed by atoms with Gasteiger partial charge in [0.1, 0.15) is 0 Å². The van der Waals surface area contributed by atoms with Gasteiger partial charge < -0.3 is 0 Å². The minimum Gasteiger partial charge on any atom is -0.222 e. The minimum atomic E-state index is -4.73. The summed E-state index contributed by atoms with van der Waals surface area (Å²) in [4.78, 5) is 0. The summed E-state index contributed by atoms with van der Waals surface area (Å²) in [6.07, 6.45) is -5.28. The highest BCUT2D eigenvalue weighted by molar-refractivity contribution is 14.1. The van der Waals surface area contributed by atoms with E-state index in [2.05, 4.69) is 0 Å². The molecule has 0 nitrogen and oxygen atoms in total. The lowest BCUT2D eigenvalue weighted by molar-refractivity contribution is -0.188. The molecule has 0 aromatic carbocycles. The Morgan fingerprint density at radius 3 is 1.56 bits per heavy atom. The van der Waals surface area contributed by atoms with E-state index in [0.717, 1.165) is 29.5 Å². The largest absolute Gasteiger partial charge is 0.431 e. The maximum Gasteiger partial charge on any atom is 0.431 e. The first-order valence-electron chi connectivity index (χ1n) is 2.26. The van der Waals surface area contributed by atoms with E-state index in [-0.39, 0.29) is 0 Å². The van der Waals surface area contributed by atoms with Crippen LogP contribution in [0.1, 0.15) is 13.3 Å². The minimum absolute atomic E-state index is 0.545. The van der Waals surface area contributed by atoms with Crippen LogP contribution < -0.4 is 0 Å². The van der Waals surface area contributed by atoms with E-state index >= 15 is 0 Å². The number of hydrogen-bond acceptors (Lipinski definition) is 0. The Labute approximate surface area is 63.8 Å². The van der Waals surface area contributed by atoms with Crippen LogP contribution in [0.5, 0.6) is 0 Å². The molecule has 0 radical (unpaired) electrons. The van der Waals surface area contributed by atoms with Gasteiger partial charge in [-0.2, -0.15) is 13.2 Å². The lowest BCUT2D eigenvalue weighted by atomic mass is 10.3. The summed E-state index contributed by atoms with van der Waals surface area (Å²) in [6, 6.07) is 0. The molecule has 5 heteroatoms. The zero-order chi connectivity index (χ0) is 7.71. The van der Waals surface area contributed by atoms with Crippen molar-refractivity contribution in [1.29, 1.82) is 0 Å². The van der Waals surface area contributed by atoms with Crippen LogP contribution in [0.2, 0.25) is 0 Å². The molecule has 0 bridgehead atoms. The molecule has 0 saturated heterocycles. The molecule has 0 fully saturated rings. The van der Waals surface area contributed by atoms with Gasteiger partial charge in [0.15, 0.2) is 0 Å². The molecule has 0 heterocycles. The number of alkyl halides is 5. The average molecular weight is 256 g/mol. The molecule has 1 atom stereocenters. The standard InChI is InChI=1S/C4H5F4I/c1-2-3(5,9)4(6,7)8/h2H2,1H3. The van der Waals surface area contributed by atoms with Gasteiger partial charge in [-0.05, 0) is 29.0 Å². The fourth-order valence-electron chi connectivity index (χ4n) is 0.200. The second kappa shape index (κ2) is 2.59. The van der Waals surface area contributed by atoms with Crippen LogP contribution in [0, 0.1) is 0 Å². The molecule has 0 spiro atoms. The first-order valence-corrected chi connectivity index (χ1v) is 3.33. The van der Waals surface area contributed by atoms with E-state index in [1.165, 1.54) is 0 Å². The van der Waals surface area contributed by atoms with E-state index in [1.807, 2.05) is 0 Å². The summed E-state index contributed by atoms with van der Waals surface area (Å²) >= 11 is 0.755. The van der Waals surface area contributed by atoms with E-state index in [1.54, 1.807) is 0 Å². The van der Waals surface area contributed by atoms with Gasteiger partial charge in [0.05, 0.1) is 0 Å². The fourth-order valence-corrected chi connectivity index (χ4v) is 0.200. The first-order chi connectivity index (χ1) is 3.81. The third-order valence-electron chi connectivity index (χ3n) is 0.859. The fraction of sp³-hybridized carbons (Fsp3) is 1.00. The van der Waals surface area contributed by atoms with Crippen LogP contribution in [-0.2, 0) is 0 Å². The smallest absolute Gasteiger partial charge is 0.222 e. The first kappa shape index (κ1) is 9.45. The summed E-state index contributed by atoms with van der Waals surface area (Å²) in [5, 5.41) is 0. The molecule has 9 heavy (non-hydrogen) atoms. The third kappa shape index (κ3) is 2.27. The highest BCUT2D eigenvalue weighted by Gasteiger charge is 2.52. The van der Waals surface area contributed by atoms with Crippen LogP contribution in [0.15, 0.2) is 0 Å². The van der Waals surface area contributed by atoms with E-state index in [0.29, 0.717) is 0 Å². The predicted molar refractivity (Wildman–Crippen MR) is 34.2 cm³/mol. The van der Waals surface area contributed by atoms with Gasteiger partial charge in [-0.1, -0.05) is 6.92 Å². The maximum atomic E-state index is 12.2. The molecule has 0 rings (SSSR count). The van der Waals surface area contributed by atoms with Crippen LogP contribution in [0.25, 0.3) is 0 Å². The molecule has 0 aromatic rings. The van der Waals surface area contributed by atoms with Crippen LogP contribution in [0.4, 0.5) is 17.6 Å². The highest BCUT2D eigenvalue weighted by Crippen LogP contribution is 2.41. The van der Waals surface area contributed by atoms with Crippen molar-refractivity contribution in [2.45, 2.75) is 23.2 Å². The highest BCUT2D eigenvalue weighted by atomic mass is 127. The van der Waals surface area contributed by atoms with E-state index in [9.17, 15) is 17.6 Å². The molecule has 0 aliphatic heterocycles. The Kier molecular flexibility index (Phi) is 2.72. The Bertz CT molecular complexity index is 95.2. The maximum absolute atomic E-state index is 12.2. The molecule has 0 aliphatic rings. The molecular weight excluding hydrogens is 251 g/mol. The van der Waals surface area contributed by atoms with Crippen molar-refractivity contribution in [3.8, 4) is 0 Å². The molecule has 0 N–H and O–H groups in total. The van der Waals surface area contributed by atoms with Crippen LogP contribution >= 0.6 is 22.6 Å². The van der Waals surface area contributed by atoms with Crippen LogP contribution in [-0.4, -0.2) is 9.85 Å². The topological polar surface area (TPSA) is 0 Å². The number of rotatable bonds is 1. The second-order valence-electron chi connectivity index (χ2n) is 1.56. The van der Waals surface area contributed by atoms with Crippen molar-refractivity contribution in [3.05, 3.63) is 0 Å². The summed E-state index contributed by atoms with van der Waals surface area (Å²) < 4.78 is 43.5. The lowest BCUT2D eigenvalue weighted by Gasteiger charge is -2.18. The summed E-state index contributed by atoms with van der Waals surface area (Å²) in [5.74, 6) is 0. The molecular formula is C4H5F4I. The second-order valence-corrected chi connectivity index (χ2v) is 3.27. The van der Waals surface area contributed by atoms with Crippen molar-refractivity contribution in [3.63, 3.8) is 0 Å². The van der Waals surface area contributed by atoms with Gasteiger partial charge in [-0.3, -0.25) is 0 Å². The number of halogens is 5. The van der Waals surface area contributed by atoms with Gasteiger partial charge in [0.2, 0.25) is 0 Å². The molecule has 56 valence electrons. The van der Waals surface area contributed by atoms with E-state index in [4.69, 9.17) is 0 Å². The van der Waals surface area contributed by atoms with Crippen LogP contribution in [0.3, 0.4) is 0 Å². The zero-order valence-electron chi connectivity index (χ0n) is 4.60. The van der Waals surface area contributed by atoms with Crippen molar-refractivity contribution < 1.29 is 17.6 Å². The summed E-state index contributed by atoms with van der Waals surface area (Å²) in [6.45, 7) is 1.15. The zero-order valence-corrected chi connectivity index (χ0v) is 6.75. The van der Waals surface area contributed by atoms with Crippen molar-refractivity contribution in [2.75, 3.05) is 0 Å². The summed E-state index contributed by atoms with van der Waals surface area (Å²) in [5.41, 5.74) is 0. The van der Waals surface area contributed by atoms with Crippen molar-refractivity contribution in [2.24, 2.45) is 0 Å². The Hall–Kier alpha value is 0.450. The lowest BCUT2D eigenvalue weighted by Crippen LogP contribution is -2.33. The van der Waals surface area contributed by atoms with E-state index < -0.39 is 16.3 Å². The molecule has 0 aliphatic carbocycles. The summed E-state index contributed by atoms with van der Waals surface area (Å²) in [7, 11) is 0. The third-order valence-corrected chi connectivity index (χ3v) is 2.23. The SMILES string of the molecule is CCC(F)(I)C(F)(F)F. The molecule has 0 saturated carbocycles. The van der Waals surface area contributed by atoms with Gasteiger partial charge in [0, 0.05) is 0 Å². The molecule has 0 aromatic heterocycles. The number of hydrogen-bond donors (Lipinski definition) is 0. The van der Waals surface area contributed by atoms with Crippen molar-refractivity contribution in [1.82, 2.24) is 0 Å². The van der Waals surface area contributed by atoms with Gasteiger partial charge in [-0.15, -0.1) is 0 Å². The normalized spacial score (nSPS) is 19.3. The predicted octanol–water partition coefficient (Wildman–Crippen LogP) is 3.06. The monoisotopic (exact) mass is 256 g/mol. The quantitative estimate of drug-likeness (QED) is 0.384.